The van der Waals surface area contributed by atoms with E-state index in [2.05, 4.69) is 10.3 Å². The Morgan fingerprint density at radius 2 is 1.97 bits per heavy atom. The first-order valence-electron chi connectivity index (χ1n) is 10.0. The number of amides is 1. The number of aryl methyl sites for hydroxylation is 1. The lowest BCUT2D eigenvalue weighted by Crippen LogP contribution is -2.40. The van der Waals surface area contributed by atoms with Crippen molar-refractivity contribution in [2.75, 3.05) is 38.2 Å². The van der Waals surface area contributed by atoms with Crippen LogP contribution in [0.3, 0.4) is 0 Å². The molecular weight excluding hydrogens is 422 g/mol. The predicted octanol–water partition coefficient (Wildman–Crippen LogP) is 2.26. The van der Waals surface area contributed by atoms with Gasteiger partial charge in [-0.05, 0) is 30.0 Å². The summed E-state index contributed by atoms with van der Waals surface area (Å²) >= 11 is 0. The fourth-order valence-corrected chi connectivity index (χ4v) is 4.71. The molecule has 1 aliphatic rings. The lowest BCUT2D eigenvalue weighted by molar-refractivity contribution is -0.119. The number of nitrogens with zero attached hydrogens (tertiary/aromatic N) is 1. The molecule has 1 aromatic heterocycles. The van der Waals surface area contributed by atoms with Crippen molar-refractivity contribution < 1.29 is 27.5 Å². The van der Waals surface area contributed by atoms with Gasteiger partial charge in [0.05, 0.1) is 13.2 Å². The SMILES string of the molecule is Cc1cccc(C(C)C)c1NC(=O)COC(=O)c1cc(S(=O)(=O)N2CCOCC2)c[nH]1. The van der Waals surface area contributed by atoms with Gasteiger partial charge in [-0.15, -0.1) is 0 Å². The Labute approximate surface area is 181 Å². The fraction of sp³-hybridized carbons (Fsp3) is 0.429. The van der Waals surface area contributed by atoms with Crippen LogP contribution in [0.5, 0.6) is 0 Å². The maximum absolute atomic E-state index is 12.6. The summed E-state index contributed by atoms with van der Waals surface area (Å²) < 4.78 is 36.8. The van der Waals surface area contributed by atoms with E-state index in [-0.39, 0.29) is 29.6 Å². The first-order chi connectivity index (χ1) is 14.7. The minimum Gasteiger partial charge on any atom is -0.451 e. The minimum absolute atomic E-state index is 0.0349. The van der Waals surface area contributed by atoms with Crippen LogP contribution in [0.15, 0.2) is 35.4 Å². The molecule has 0 bridgehead atoms. The number of benzene rings is 1. The highest BCUT2D eigenvalue weighted by Crippen LogP contribution is 2.27. The average Bonchev–Trinajstić information content (AvgIpc) is 3.25. The summed E-state index contributed by atoms with van der Waals surface area (Å²) in [5.74, 6) is -1.08. The van der Waals surface area contributed by atoms with Crippen molar-refractivity contribution in [2.24, 2.45) is 0 Å². The van der Waals surface area contributed by atoms with Gasteiger partial charge in [0.15, 0.2) is 6.61 Å². The number of rotatable bonds is 7. The van der Waals surface area contributed by atoms with Gasteiger partial charge in [-0.1, -0.05) is 32.0 Å². The Kier molecular flexibility index (Phi) is 7.14. The van der Waals surface area contributed by atoms with E-state index in [0.29, 0.717) is 18.9 Å². The van der Waals surface area contributed by atoms with Crippen molar-refractivity contribution in [3.63, 3.8) is 0 Å². The first kappa shape index (κ1) is 23.0. The summed E-state index contributed by atoms with van der Waals surface area (Å²) in [5.41, 5.74) is 2.56. The van der Waals surface area contributed by atoms with Crippen LogP contribution in [0.2, 0.25) is 0 Å². The van der Waals surface area contributed by atoms with Crippen LogP contribution in [0.25, 0.3) is 0 Å². The van der Waals surface area contributed by atoms with Crippen LogP contribution in [0.1, 0.15) is 41.4 Å². The first-order valence-corrected chi connectivity index (χ1v) is 11.5. The maximum Gasteiger partial charge on any atom is 0.355 e. The molecule has 0 atom stereocenters. The van der Waals surface area contributed by atoms with Gasteiger partial charge in [0.1, 0.15) is 10.6 Å². The number of anilines is 1. The van der Waals surface area contributed by atoms with Crippen molar-refractivity contribution >= 4 is 27.6 Å². The van der Waals surface area contributed by atoms with Crippen molar-refractivity contribution in [3.05, 3.63) is 47.3 Å². The van der Waals surface area contributed by atoms with Gasteiger partial charge in [-0.2, -0.15) is 4.31 Å². The number of morpholine rings is 1. The van der Waals surface area contributed by atoms with Crippen LogP contribution in [-0.4, -0.2) is 62.5 Å². The molecule has 1 aromatic carbocycles. The summed E-state index contributed by atoms with van der Waals surface area (Å²) in [4.78, 5) is 27.2. The molecule has 1 fully saturated rings. The molecule has 0 radical (unpaired) electrons. The van der Waals surface area contributed by atoms with Crippen molar-refractivity contribution in [1.29, 1.82) is 0 Å². The number of hydrogen-bond donors (Lipinski definition) is 2. The number of aromatic amines is 1. The van der Waals surface area contributed by atoms with Gasteiger partial charge in [-0.3, -0.25) is 4.79 Å². The van der Waals surface area contributed by atoms with E-state index in [1.54, 1.807) is 0 Å². The van der Waals surface area contributed by atoms with E-state index >= 15 is 0 Å². The topological polar surface area (TPSA) is 118 Å². The van der Waals surface area contributed by atoms with Gasteiger partial charge in [-0.25, -0.2) is 13.2 Å². The predicted molar refractivity (Wildman–Crippen MR) is 115 cm³/mol. The molecule has 9 nitrogen and oxygen atoms in total. The largest absolute Gasteiger partial charge is 0.451 e. The lowest BCUT2D eigenvalue weighted by atomic mass is 9.98. The van der Waals surface area contributed by atoms with E-state index in [1.165, 1.54) is 16.6 Å². The smallest absolute Gasteiger partial charge is 0.355 e. The van der Waals surface area contributed by atoms with Crippen LogP contribution in [0, 0.1) is 6.92 Å². The van der Waals surface area contributed by atoms with Gasteiger partial charge in [0, 0.05) is 25.0 Å². The highest BCUT2D eigenvalue weighted by atomic mass is 32.2. The zero-order valence-electron chi connectivity index (χ0n) is 17.8. The van der Waals surface area contributed by atoms with Crippen molar-refractivity contribution in [2.45, 2.75) is 31.6 Å². The van der Waals surface area contributed by atoms with Gasteiger partial charge in [0.2, 0.25) is 10.0 Å². The van der Waals surface area contributed by atoms with E-state index in [0.717, 1.165) is 11.1 Å². The Balaban J connectivity index is 1.61. The molecule has 2 aromatic rings. The molecule has 1 saturated heterocycles. The van der Waals surface area contributed by atoms with E-state index in [1.807, 2.05) is 39.0 Å². The molecule has 2 N–H and O–H groups in total. The van der Waals surface area contributed by atoms with Crippen LogP contribution >= 0.6 is 0 Å². The second kappa shape index (κ2) is 9.63. The third kappa shape index (κ3) is 5.33. The standard InChI is InChI=1S/C21H27N3O6S/c1-14(2)17-6-4-5-15(3)20(17)23-19(25)13-30-21(26)18-11-16(12-22-18)31(27,28)24-7-9-29-10-8-24/h4-6,11-12,14,22H,7-10,13H2,1-3H3,(H,23,25). The molecule has 0 aliphatic carbocycles. The van der Waals surface area contributed by atoms with Gasteiger partial charge < -0.3 is 19.8 Å². The van der Waals surface area contributed by atoms with Crippen molar-refractivity contribution in [1.82, 2.24) is 9.29 Å². The van der Waals surface area contributed by atoms with Gasteiger partial charge in [0.25, 0.3) is 5.91 Å². The normalized spacial score (nSPS) is 15.1. The van der Waals surface area contributed by atoms with E-state index in [4.69, 9.17) is 9.47 Å². The Morgan fingerprint density at radius 1 is 1.26 bits per heavy atom. The summed E-state index contributed by atoms with van der Waals surface area (Å²) in [6.45, 7) is 6.62. The molecule has 0 unspecified atom stereocenters. The number of carbonyl (C=O) groups excluding carboxylic acids is 2. The zero-order chi connectivity index (χ0) is 22.6. The second-order valence-corrected chi connectivity index (χ2v) is 9.52. The number of aromatic nitrogens is 1. The monoisotopic (exact) mass is 449 g/mol. The number of carbonyl (C=O) groups is 2. The van der Waals surface area contributed by atoms with E-state index < -0.39 is 28.5 Å². The molecule has 1 amide bonds. The molecule has 3 rings (SSSR count). The van der Waals surface area contributed by atoms with Gasteiger partial charge >= 0.3 is 5.97 Å². The average molecular weight is 450 g/mol. The van der Waals surface area contributed by atoms with Crippen LogP contribution in [-0.2, 0) is 24.3 Å². The number of hydrogen-bond acceptors (Lipinski definition) is 6. The Hall–Kier alpha value is -2.69. The molecule has 0 saturated carbocycles. The zero-order valence-corrected chi connectivity index (χ0v) is 18.6. The Bertz CT molecular complexity index is 1050. The second-order valence-electron chi connectivity index (χ2n) is 7.58. The van der Waals surface area contributed by atoms with E-state index in [9.17, 15) is 18.0 Å². The molecule has 1 aliphatic heterocycles. The molecule has 10 heteroatoms. The van der Waals surface area contributed by atoms with Crippen LogP contribution < -0.4 is 5.32 Å². The fourth-order valence-electron chi connectivity index (χ4n) is 3.30. The third-order valence-electron chi connectivity index (χ3n) is 5.01. The number of ether oxygens (including phenoxy) is 2. The number of para-hydroxylation sites is 1. The quantitative estimate of drug-likeness (QED) is 0.626. The van der Waals surface area contributed by atoms with Crippen molar-refractivity contribution in [3.8, 4) is 0 Å². The summed E-state index contributed by atoms with van der Waals surface area (Å²) in [6, 6.07) is 6.97. The molecule has 0 spiro atoms. The number of esters is 1. The highest BCUT2D eigenvalue weighted by molar-refractivity contribution is 7.89. The molecule has 31 heavy (non-hydrogen) atoms. The number of H-pyrrole nitrogens is 1. The molecule has 2 heterocycles. The maximum atomic E-state index is 12.6. The number of sulfonamides is 1. The highest BCUT2D eigenvalue weighted by Gasteiger charge is 2.28. The Morgan fingerprint density at radius 3 is 2.65 bits per heavy atom. The minimum atomic E-state index is -3.73. The summed E-state index contributed by atoms with van der Waals surface area (Å²) in [7, 11) is -3.73. The summed E-state index contributed by atoms with van der Waals surface area (Å²) in [5, 5.41) is 2.80. The third-order valence-corrected chi connectivity index (χ3v) is 6.89. The number of nitrogens with one attached hydrogen (secondary N) is 2. The summed E-state index contributed by atoms with van der Waals surface area (Å²) in [6.07, 6.45) is 1.24. The molecule has 168 valence electrons. The van der Waals surface area contributed by atoms with Crippen LogP contribution in [0.4, 0.5) is 5.69 Å². The lowest BCUT2D eigenvalue weighted by Gasteiger charge is -2.25. The molecular formula is C21H27N3O6S.